The maximum absolute atomic E-state index is 12.4. The molecule has 4 N–H and O–H groups in total. The first-order valence-electron chi connectivity index (χ1n) is 5.91. The fourth-order valence-corrected chi connectivity index (χ4v) is 2.54. The largest absolute Gasteiger partial charge is 0.438 e. The Morgan fingerprint density at radius 3 is 2.52 bits per heavy atom. The summed E-state index contributed by atoms with van der Waals surface area (Å²) < 4.78 is 28.6. The van der Waals surface area contributed by atoms with Gasteiger partial charge < -0.3 is 10.2 Å². The van der Waals surface area contributed by atoms with Crippen LogP contribution in [-0.4, -0.2) is 18.9 Å². The smallest absolute Gasteiger partial charge is 0.298 e. The van der Waals surface area contributed by atoms with Crippen molar-refractivity contribution in [2.45, 2.75) is 5.09 Å². The molecule has 0 radical (unpaired) electrons. The molecule has 0 bridgehead atoms. The number of nitrogen functional groups attached to an aromatic ring is 1. The number of nitrogens with two attached hydrogens (primary N) is 2. The number of sulfonamides is 1. The number of rotatable bonds is 2. The Morgan fingerprint density at radius 1 is 1.14 bits per heavy atom. The number of anilines is 1. The van der Waals surface area contributed by atoms with E-state index >= 15 is 0 Å². The Kier molecular flexibility index (Phi) is 2.85. The SMILES string of the molecule is Nc1cn(C(=O)c2ccc(S(N)(=O)=O)o2)c2ccccc12. The molecule has 0 saturated heterocycles. The van der Waals surface area contributed by atoms with Crippen LogP contribution in [-0.2, 0) is 10.0 Å². The van der Waals surface area contributed by atoms with Crippen LogP contribution in [0.4, 0.5) is 5.69 Å². The first-order valence-corrected chi connectivity index (χ1v) is 7.45. The predicted molar refractivity (Wildman–Crippen MR) is 76.2 cm³/mol. The van der Waals surface area contributed by atoms with Gasteiger partial charge in [-0.15, -0.1) is 0 Å². The Balaban J connectivity index is 2.11. The van der Waals surface area contributed by atoms with Crippen molar-refractivity contribution in [2.75, 3.05) is 5.73 Å². The number of para-hydroxylation sites is 1. The van der Waals surface area contributed by atoms with Gasteiger partial charge in [-0.05, 0) is 18.2 Å². The molecule has 2 aromatic heterocycles. The lowest BCUT2D eigenvalue weighted by atomic mass is 10.2. The van der Waals surface area contributed by atoms with Crippen LogP contribution in [0.3, 0.4) is 0 Å². The van der Waals surface area contributed by atoms with Gasteiger partial charge in [0, 0.05) is 11.6 Å². The van der Waals surface area contributed by atoms with Gasteiger partial charge >= 0.3 is 0 Å². The molecule has 7 nitrogen and oxygen atoms in total. The van der Waals surface area contributed by atoms with Crippen molar-refractivity contribution in [2.24, 2.45) is 5.14 Å². The highest BCUT2D eigenvalue weighted by molar-refractivity contribution is 7.89. The van der Waals surface area contributed by atoms with Crippen LogP contribution in [0.5, 0.6) is 0 Å². The summed E-state index contributed by atoms with van der Waals surface area (Å²) in [7, 11) is -3.99. The molecule has 0 atom stereocenters. The lowest BCUT2D eigenvalue weighted by Gasteiger charge is -2.00. The third kappa shape index (κ3) is 2.20. The van der Waals surface area contributed by atoms with E-state index in [1.165, 1.54) is 16.8 Å². The number of benzene rings is 1. The van der Waals surface area contributed by atoms with Gasteiger partial charge in [0.1, 0.15) is 0 Å². The van der Waals surface area contributed by atoms with Gasteiger partial charge in [-0.3, -0.25) is 9.36 Å². The molecule has 0 fully saturated rings. The van der Waals surface area contributed by atoms with E-state index in [9.17, 15) is 13.2 Å². The maximum atomic E-state index is 12.4. The summed E-state index contributed by atoms with van der Waals surface area (Å²) in [4.78, 5) is 12.4. The van der Waals surface area contributed by atoms with Crippen LogP contribution in [0.25, 0.3) is 10.9 Å². The number of nitrogens with zero attached hydrogens (tertiary/aromatic N) is 1. The van der Waals surface area contributed by atoms with Gasteiger partial charge in [-0.25, -0.2) is 13.6 Å². The molecule has 0 unspecified atom stereocenters. The summed E-state index contributed by atoms with van der Waals surface area (Å²) in [5.41, 5.74) is 6.89. The highest BCUT2D eigenvalue weighted by Gasteiger charge is 2.20. The lowest BCUT2D eigenvalue weighted by molar-refractivity contribution is 0.0932. The average Bonchev–Trinajstić information content (AvgIpc) is 3.04. The Morgan fingerprint density at radius 2 is 1.86 bits per heavy atom. The maximum Gasteiger partial charge on any atom is 0.298 e. The van der Waals surface area contributed by atoms with Crippen LogP contribution >= 0.6 is 0 Å². The summed E-state index contributed by atoms with van der Waals surface area (Å²) in [6.45, 7) is 0. The Bertz CT molecular complexity index is 953. The van der Waals surface area contributed by atoms with Gasteiger partial charge in [0.25, 0.3) is 15.9 Å². The number of aromatic nitrogens is 1. The van der Waals surface area contributed by atoms with E-state index in [2.05, 4.69) is 0 Å². The number of furan rings is 1. The summed E-state index contributed by atoms with van der Waals surface area (Å²) in [6, 6.07) is 9.48. The number of hydrogen-bond donors (Lipinski definition) is 2. The fourth-order valence-electron chi connectivity index (χ4n) is 2.08. The normalized spacial score (nSPS) is 11.9. The van der Waals surface area contributed by atoms with Crippen LogP contribution in [0.1, 0.15) is 10.6 Å². The Hall–Kier alpha value is -2.58. The van der Waals surface area contributed by atoms with Gasteiger partial charge in [0.05, 0.1) is 11.2 Å². The van der Waals surface area contributed by atoms with Crippen molar-refractivity contribution in [3.8, 4) is 0 Å². The summed E-state index contributed by atoms with van der Waals surface area (Å²) in [6.07, 6.45) is 1.46. The van der Waals surface area contributed by atoms with Crippen molar-refractivity contribution in [1.82, 2.24) is 4.57 Å². The molecule has 0 aliphatic rings. The molecule has 8 heteroatoms. The van der Waals surface area contributed by atoms with Crippen molar-refractivity contribution < 1.29 is 17.6 Å². The molecule has 3 rings (SSSR count). The van der Waals surface area contributed by atoms with E-state index in [-0.39, 0.29) is 5.76 Å². The second kappa shape index (κ2) is 4.47. The van der Waals surface area contributed by atoms with Crippen molar-refractivity contribution in [3.63, 3.8) is 0 Å². The van der Waals surface area contributed by atoms with Gasteiger partial charge in [0.2, 0.25) is 5.09 Å². The minimum absolute atomic E-state index is 0.139. The average molecular weight is 305 g/mol. The second-order valence-electron chi connectivity index (χ2n) is 4.44. The summed E-state index contributed by atoms with van der Waals surface area (Å²) in [5, 5.41) is 5.21. The monoisotopic (exact) mass is 305 g/mol. The van der Waals surface area contributed by atoms with Gasteiger partial charge in [-0.1, -0.05) is 18.2 Å². The molecule has 3 aromatic rings. The molecule has 108 valence electrons. The molecule has 0 saturated carbocycles. The van der Waals surface area contributed by atoms with E-state index in [4.69, 9.17) is 15.3 Å². The van der Waals surface area contributed by atoms with E-state index in [1.54, 1.807) is 24.3 Å². The quantitative estimate of drug-likeness (QED) is 0.735. The van der Waals surface area contributed by atoms with E-state index in [1.807, 2.05) is 0 Å². The molecule has 0 spiro atoms. The van der Waals surface area contributed by atoms with Crippen molar-refractivity contribution in [1.29, 1.82) is 0 Å². The molecule has 21 heavy (non-hydrogen) atoms. The van der Waals surface area contributed by atoms with E-state index in [0.29, 0.717) is 11.2 Å². The minimum atomic E-state index is -3.99. The predicted octanol–water partition coefficient (Wildman–Crippen LogP) is 1.15. The van der Waals surface area contributed by atoms with Crippen LogP contribution in [0, 0.1) is 0 Å². The topological polar surface area (TPSA) is 121 Å². The first-order chi connectivity index (χ1) is 9.88. The Labute approximate surface area is 119 Å². The third-order valence-electron chi connectivity index (χ3n) is 3.03. The minimum Gasteiger partial charge on any atom is -0.438 e. The van der Waals surface area contributed by atoms with Crippen LogP contribution in [0.2, 0.25) is 0 Å². The van der Waals surface area contributed by atoms with Gasteiger partial charge in [-0.2, -0.15) is 0 Å². The molecule has 0 amide bonds. The molecule has 0 aliphatic heterocycles. The van der Waals surface area contributed by atoms with Crippen molar-refractivity contribution >= 4 is 32.5 Å². The van der Waals surface area contributed by atoms with E-state index < -0.39 is 21.0 Å². The first kappa shape index (κ1) is 13.4. The lowest BCUT2D eigenvalue weighted by Crippen LogP contribution is -2.12. The number of carbonyl (C=O) groups excluding carboxylic acids is 1. The number of fused-ring (bicyclic) bond motifs is 1. The fraction of sp³-hybridized carbons (Fsp3) is 0. The van der Waals surface area contributed by atoms with E-state index in [0.717, 1.165) is 11.5 Å². The summed E-state index contributed by atoms with van der Waals surface area (Å²) in [5.74, 6) is -0.669. The zero-order chi connectivity index (χ0) is 15.2. The van der Waals surface area contributed by atoms with Gasteiger partial charge in [0.15, 0.2) is 5.76 Å². The molecule has 0 aliphatic carbocycles. The molecule has 1 aromatic carbocycles. The number of carbonyl (C=O) groups is 1. The number of primary sulfonamides is 1. The van der Waals surface area contributed by atoms with Crippen LogP contribution < -0.4 is 10.9 Å². The standard InChI is InChI=1S/C13H11N3O4S/c14-9-7-16(10-4-2-1-3-8(9)10)13(17)11-5-6-12(20-11)21(15,18)19/h1-7H,14H2,(H2,15,18,19). The molecular formula is C13H11N3O4S. The second-order valence-corrected chi connectivity index (χ2v) is 5.93. The zero-order valence-electron chi connectivity index (χ0n) is 10.7. The molecule has 2 heterocycles. The van der Waals surface area contributed by atoms with Crippen LogP contribution in [0.15, 0.2) is 52.1 Å². The third-order valence-corrected chi connectivity index (χ3v) is 3.81. The molecular weight excluding hydrogens is 294 g/mol. The highest BCUT2D eigenvalue weighted by atomic mass is 32.2. The zero-order valence-corrected chi connectivity index (χ0v) is 11.5. The summed E-state index contributed by atoms with van der Waals surface area (Å²) >= 11 is 0. The number of hydrogen-bond acceptors (Lipinski definition) is 5. The highest BCUT2D eigenvalue weighted by Crippen LogP contribution is 2.24. The van der Waals surface area contributed by atoms with Crippen molar-refractivity contribution in [3.05, 3.63) is 48.4 Å².